The van der Waals surface area contributed by atoms with Crippen LogP contribution >= 0.6 is 0 Å². The van der Waals surface area contributed by atoms with Crippen LogP contribution in [0.2, 0.25) is 0 Å². The zero-order valence-corrected chi connectivity index (χ0v) is 19.1. The van der Waals surface area contributed by atoms with Gasteiger partial charge in [0, 0.05) is 19.2 Å². The van der Waals surface area contributed by atoms with Crippen molar-refractivity contribution in [1.82, 2.24) is 20.1 Å². The van der Waals surface area contributed by atoms with Gasteiger partial charge in [-0.25, -0.2) is 18.1 Å². The van der Waals surface area contributed by atoms with Gasteiger partial charge >= 0.3 is 0 Å². The van der Waals surface area contributed by atoms with Crippen molar-refractivity contribution in [1.29, 1.82) is 0 Å². The number of aryl methyl sites for hydroxylation is 1. The van der Waals surface area contributed by atoms with Crippen LogP contribution < -0.4 is 10.1 Å². The molecule has 1 N–H and O–H groups in total. The smallest absolute Gasteiger partial charge is 0.252 e. The second-order valence-electron chi connectivity index (χ2n) is 7.82. The highest BCUT2D eigenvalue weighted by Gasteiger charge is 2.32. The number of sulfone groups is 1. The molecule has 0 saturated carbocycles. The molecule has 3 aromatic rings. The van der Waals surface area contributed by atoms with Gasteiger partial charge in [-0.15, -0.1) is 0 Å². The maximum Gasteiger partial charge on any atom is 0.252 e. The number of ether oxygens (including phenoxy) is 2. The van der Waals surface area contributed by atoms with Crippen molar-refractivity contribution in [2.45, 2.75) is 19.4 Å². The Morgan fingerprint density at radius 3 is 2.62 bits per heavy atom. The molecule has 9 nitrogen and oxygen atoms in total. The molecule has 1 amide bonds. The van der Waals surface area contributed by atoms with Gasteiger partial charge in [-0.1, -0.05) is 0 Å². The molecule has 1 aliphatic heterocycles. The Morgan fingerprint density at radius 2 is 2.00 bits per heavy atom. The maximum absolute atomic E-state index is 13.1. The number of fused-ring (bicyclic) bond motifs is 1. The van der Waals surface area contributed by atoms with E-state index in [1.165, 1.54) is 0 Å². The van der Waals surface area contributed by atoms with Crippen LogP contribution in [0.3, 0.4) is 0 Å². The average molecular weight is 459 g/mol. The van der Waals surface area contributed by atoms with Crippen molar-refractivity contribution in [2.24, 2.45) is 0 Å². The van der Waals surface area contributed by atoms with Crippen LogP contribution in [0.5, 0.6) is 5.75 Å². The lowest BCUT2D eigenvalue weighted by molar-refractivity contribution is 0.0938. The first-order valence-electron chi connectivity index (χ1n) is 10.3. The van der Waals surface area contributed by atoms with Crippen LogP contribution in [0.25, 0.3) is 22.3 Å². The first-order valence-corrected chi connectivity index (χ1v) is 12.2. The van der Waals surface area contributed by atoms with Gasteiger partial charge in [0.1, 0.15) is 5.75 Å². The number of aromatic nitrogens is 3. The summed E-state index contributed by atoms with van der Waals surface area (Å²) in [6, 6.07) is 8.83. The first-order chi connectivity index (χ1) is 15.3. The van der Waals surface area contributed by atoms with E-state index >= 15 is 0 Å². The van der Waals surface area contributed by atoms with Crippen molar-refractivity contribution in [3.8, 4) is 17.0 Å². The lowest BCUT2D eigenvalue weighted by Gasteiger charge is -2.12. The number of carbonyl (C=O) groups excluding carboxylic acids is 1. The van der Waals surface area contributed by atoms with Gasteiger partial charge in [-0.05, 0) is 43.7 Å². The molecule has 0 radical (unpaired) electrons. The lowest BCUT2D eigenvalue weighted by Crippen LogP contribution is -2.27. The van der Waals surface area contributed by atoms with Gasteiger partial charge in [0.05, 0.1) is 53.6 Å². The Labute approximate surface area is 186 Å². The van der Waals surface area contributed by atoms with Crippen LogP contribution in [-0.2, 0) is 14.6 Å². The molecule has 4 rings (SSSR count). The number of hydrogen-bond acceptors (Lipinski definition) is 7. The summed E-state index contributed by atoms with van der Waals surface area (Å²) in [4.78, 5) is 17.9. The summed E-state index contributed by atoms with van der Waals surface area (Å²) in [7, 11) is 0.0578. The Balaban J connectivity index is 1.86. The van der Waals surface area contributed by atoms with Crippen molar-refractivity contribution in [3.63, 3.8) is 0 Å². The van der Waals surface area contributed by atoms with Crippen molar-refractivity contribution < 1.29 is 22.7 Å². The predicted molar refractivity (Wildman–Crippen MR) is 121 cm³/mol. The van der Waals surface area contributed by atoms with E-state index in [0.717, 1.165) is 5.56 Å². The highest BCUT2D eigenvalue weighted by Crippen LogP contribution is 2.32. The molecule has 10 heteroatoms. The highest BCUT2D eigenvalue weighted by atomic mass is 32.2. The molecular weight excluding hydrogens is 432 g/mol. The van der Waals surface area contributed by atoms with E-state index in [-0.39, 0.29) is 23.5 Å². The summed E-state index contributed by atoms with van der Waals surface area (Å²) in [5.41, 5.74) is 2.99. The minimum absolute atomic E-state index is 0.0209. The third-order valence-corrected chi connectivity index (χ3v) is 7.36. The summed E-state index contributed by atoms with van der Waals surface area (Å²) in [6.07, 6.45) is 0.475. The second kappa shape index (κ2) is 8.87. The summed E-state index contributed by atoms with van der Waals surface area (Å²) in [5.74, 6) is 0.600. The van der Waals surface area contributed by atoms with Gasteiger partial charge in [-0.2, -0.15) is 5.10 Å². The monoisotopic (exact) mass is 458 g/mol. The van der Waals surface area contributed by atoms with Gasteiger partial charge in [0.2, 0.25) is 0 Å². The fourth-order valence-electron chi connectivity index (χ4n) is 3.99. The quantitative estimate of drug-likeness (QED) is 0.540. The second-order valence-corrected chi connectivity index (χ2v) is 10.0. The standard InChI is InChI=1S/C22H26N4O5S/c1-14-20-18(22(27)23-9-10-30-2)12-19(15-4-6-17(31-3)7-5-15)24-21(20)26(25-14)16-8-11-32(28,29)13-16/h4-7,12,16H,8-11,13H2,1-3H3,(H,23,27)/t16-/m0/s1. The van der Waals surface area contributed by atoms with Crippen LogP contribution in [-0.4, -0.2) is 68.0 Å². The van der Waals surface area contributed by atoms with Crippen molar-refractivity contribution >= 4 is 26.8 Å². The number of pyridine rings is 1. The van der Waals surface area contributed by atoms with Crippen LogP contribution in [0.4, 0.5) is 0 Å². The fourth-order valence-corrected chi connectivity index (χ4v) is 5.68. The summed E-state index contributed by atoms with van der Waals surface area (Å²) >= 11 is 0. The van der Waals surface area contributed by atoms with Crippen LogP contribution in [0.15, 0.2) is 30.3 Å². The Morgan fingerprint density at radius 1 is 1.25 bits per heavy atom. The largest absolute Gasteiger partial charge is 0.497 e. The normalized spacial score (nSPS) is 17.5. The topological polar surface area (TPSA) is 112 Å². The molecule has 1 atom stereocenters. The van der Waals surface area contributed by atoms with Gasteiger partial charge in [0.25, 0.3) is 5.91 Å². The fraction of sp³-hybridized carbons (Fsp3) is 0.409. The number of nitrogens with one attached hydrogen (secondary N) is 1. The highest BCUT2D eigenvalue weighted by molar-refractivity contribution is 7.91. The number of rotatable bonds is 7. The number of hydrogen-bond donors (Lipinski definition) is 1. The number of amides is 1. The summed E-state index contributed by atoms with van der Waals surface area (Å²) < 4.78 is 36.1. The van der Waals surface area contributed by atoms with Gasteiger partial charge in [-0.3, -0.25) is 4.79 Å². The molecular formula is C22H26N4O5S. The van der Waals surface area contributed by atoms with E-state index < -0.39 is 9.84 Å². The zero-order valence-electron chi connectivity index (χ0n) is 18.3. The molecule has 2 aromatic heterocycles. The predicted octanol–water partition coefficient (Wildman–Crippen LogP) is 2.15. The number of methoxy groups -OCH3 is 2. The Hall–Kier alpha value is -2.98. The molecule has 0 unspecified atom stereocenters. The van der Waals surface area contributed by atoms with Crippen LogP contribution in [0.1, 0.15) is 28.5 Å². The maximum atomic E-state index is 13.1. The third-order valence-electron chi connectivity index (χ3n) is 5.61. The van der Waals surface area contributed by atoms with Crippen LogP contribution in [0, 0.1) is 6.92 Å². The lowest BCUT2D eigenvalue weighted by atomic mass is 10.0. The van der Waals surface area contributed by atoms with E-state index in [9.17, 15) is 13.2 Å². The minimum Gasteiger partial charge on any atom is -0.497 e. The first kappa shape index (κ1) is 22.2. The Bertz CT molecular complexity index is 1250. The molecule has 1 saturated heterocycles. The Kier molecular flexibility index (Phi) is 6.16. The third kappa shape index (κ3) is 4.33. The van der Waals surface area contributed by atoms with E-state index in [1.54, 1.807) is 25.0 Å². The molecule has 3 heterocycles. The van der Waals surface area contributed by atoms with Gasteiger partial charge in [0.15, 0.2) is 15.5 Å². The van der Waals surface area contributed by atoms with Crippen molar-refractivity contribution in [2.75, 3.05) is 38.9 Å². The van der Waals surface area contributed by atoms with E-state index in [0.29, 0.717) is 53.3 Å². The number of nitrogens with zero attached hydrogens (tertiary/aromatic N) is 3. The molecule has 0 spiro atoms. The molecule has 0 aliphatic carbocycles. The molecule has 0 bridgehead atoms. The van der Waals surface area contributed by atoms with Gasteiger partial charge < -0.3 is 14.8 Å². The summed E-state index contributed by atoms with van der Waals surface area (Å²) in [6.45, 7) is 2.57. The SMILES string of the molecule is COCCNC(=O)c1cc(-c2ccc(OC)cc2)nc2c1c(C)nn2[C@H]1CCS(=O)(=O)C1. The molecule has 32 heavy (non-hydrogen) atoms. The van der Waals surface area contributed by atoms with Crippen molar-refractivity contribution in [3.05, 3.63) is 41.6 Å². The number of carbonyl (C=O) groups is 1. The molecule has 1 aliphatic rings. The molecule has 1 aromatic carbocycles. The summed E-state index contributed by atoms with van der Waals surface area (Å²) in [5, 5.41) is 8.09. The minimum atomic E-state index is -3.11. The number of benzene rings is 1. The van der Waals surface area contributed by atoms with E-state index in [1.807, 2.05) is 31.2 Å². The molecule has 170 valence electrons. The molecule has 1 fully saturated rings. The average Bonchev–Trinajstić information content (AvgIpc) is 3.32. The van der Waals surface area contributed by atoms with E-state index in [4.69, 9.17) is 14.5 Å². The zero-order chi connectivity index (χ0) is 22.9. The van der Waals surface area contributed by atoms with E-state index in [2.05, 4.69) is 10.4 Å².